The molecule has 1 aliphatic carbocycles. The van der Waals surface area contributed by atoms with E-state index in [1.54, 1.807) is 4.90 Å². The van der Waals surface area contributed by atoms with E-state index >= 15 is 0 Å². The monoisotopic (exact) mass is 411 g/mol. The zero-order chi connectivity index (χ0) is 20.9. The van der Waals surface area contributed by atoms with E-state index in [1.807, 2.05) is 30.3 Å². The zero-order valence-electron chi connectivity index (χ0n) is 17.3. The number of hydrogen-bond donors (Lipinski definition) is 1. The molecule has 4 rings (SSSR count). The van der Waals surface area contributed by atoms with E-state index in [2.05, 4.69) is 15.3 Å². The molecule has 0 spiro atoms. The molecule has 0 unspecified atom stereocenters. The van der Waals surface area contributed by atoms with Crippen molar-refractivity contribution < 1.29 is 14.4 Å². The highest BCUT2D eigenvalue weighted by Crippen LogP contribution is 2.18. The number of nitrogens with one attached hydrogen (secondary N) is 1. The van der Waals surface area contributed by atoms with Crippen LogP contribution in [-0.4, -0.2) is 83.6 Å². The van der Waals surface area contributed by atoms with Crippen molar-refractivity contribution in [1.82, 2.24) is 20.1 Å². The molecule has 160 valence electrons. The minimum absolute atomic E-state index is 0.00288. The number of nitrogens with zero attached hydrogens (tertiary/aromatic N) is 4. The fourth-order valence-corrected chi connectivity index (χ4v) is 3.83. The van der Waals surface area contributed by atoms with Gasteiger partial charge < -0.3 is 10.2 Å². The van der Waals surface area contributed by atoms with E-state index in [9.17, 15) is 14.4 Å². The average molecular weight is 412 g/mol. The normalized spacial score (nSPS) is 19.5. The maximum absolute atomic E-state index is 12.5. The number of hydrazone groups is 1. The first-order valence-electron chi connectivity index (χ1n) is 10.8. The van der Waals surface area contributed by atoms with Crippen LogP contribution in [0.5, 0.6) is 0 Å². The van der Waals surface area contributed by atoms with Crippen molar-refractivity contribution in [1.29, 1.82) is 0 Å². The van der Waals surface area contributed by atoms with Gasteiger partial charge in [-0.05, 0) is 18.4 Å². The lowest BCUT2D eigenvalue weighted by atomic mass is 10.1. The second kappa shape index (κ2) is 9.38. The third-order valence-corrected chi connectivity index (χ3v) is 5.78. The summed E-state index contributed by atoms with van der Waals surface area (Å²) in [5, 5.41) is 8.93. The van der Waals surface area contributed by atoms with E-state index in [0.717, 1.165) is 30.5 Å². The predicted molar refractivity (Wildman–Crippen MR) is 113 cm³/mol. The number of hydrogen-bond acceptors (Lipinski definition) is 5. The number of carbonyl (C=O) groups is 3. The Hall–Kier alpha value is -2.74. The summed E-state index contributed by atoms with van der Waals surface area (Å²) in [5.41, 5.74) is 1.95. The first kappa shape index (κ1) is 20.5. The highest BCUT2D eigenvalue weighted by molar-refractivity contribution is 6.02. The minimum Gasteiger partial charge on any atom is -0.352 e. The summed E-state index contributed by atoms with van der Waals surface area (Å²) in [5.74, 6) is -0.0366. The van der Waals surface area contributed by atoms with Crippen molar-refractivity contribution in [3.63, 3.8) is 0 Å². The summed E-state index contributed by atoms with van der Waals surface area (Å²) >= 11 is 0. The molecule has 1 aromatic carbocycles. The Morgan fingerprint density at radius 1 is 0.933 bits per heavy atom. The quantitative estimate of drug-likeness (QED) is 0.720. The number of benzene rings is 1. The second-order valence-corrected chi connectivity index (χ2v) is 8.18. The molecule has 1 saturated heterocycles. The van der Waals surface area contributed by atoms with Crippen molar-refractivity contribution in [3.8, 4) is 0 Å². The third-order valence-electron chi connectivity index (χ3n) is 5.78. The van der Waals surface area contributed by atoms with Crippen LogP contribution in [0.1, 0.15) is 37.7 Å². The summed E-state index contributed by atoms with van der Waals surface area (Å²) in [7, 11) is 0. The first-order chi connectivity index (χ1) is 14.6. The number of amides is 3. The van der Waals surface area contributed by atoms with Crippen LogP contribution in [0.25, 0.3) is 0 Å². The van der Waals surface area contributed by atoms with Crippen LogP contribution in [0.4, 0.5) is 0 Å². The van der Waals surface area contributed by atoms with Gasteiger partial charge >= 0.3 is 0 Å². The molecule has 2 aliphatic heterocycles. The van der Waals surface area contributed by atoms with E-state index in [0.29, 0.717) is 45.3 Å². The smallest absolute Gasteiger partial charge is 0.243 e. The molecule has 2 heterocycles. The van der Waals surface area contributed by atoms with Crippen LogP contribution in [0.15, 0.2) is 35.4 Å². The molecule has 2 fully saturated rings. The van der Waals surface area contributed by atoms with Crippen LogP contribution >= 0.6 is 0 Å². The fraction of sp³-hybridized carbons (Fsp3) is 0.545. The molecule has 0 atom stereocenters. The summed E-state index contributed by atoms with van der Waals surface area (Å²) in [6.07, 6.45) is 3.29. The van der Waals surface area contributed by atoms with Gasteiger partial charge in [-0.25, -0.2) is 5.01 Å². The van der Waals surface area contributed by atoms with Crippen molar-refractivity contribution in [2.45, 2.75) is 38.1 Å². The molecular weight excluding hydrogens is 382 g/mol. The molecule has 1 saturated carbocycles. The van der Waals surface area contributed by atoms with Crippen LogP contribution in [0.3, 0.4) is 0 Å². The summed E-state index contributed by atoms with van der Waals surface area (Å²) in [6, 6.07) is 10.2. The Labute approximate surface area is 176 Å². The predicted octanol–water partition coefficient (Wildman–Crippen LogP) is 0.826. The van der Waals surface area contributed by atoms with Crippen LogP contribution in [0.2, 0.25) is 0 Å². The lowest BCUT2D eigenvalue weighted by Gasteiger charge is -2.34. The highest BCUT2D eigenvalue weighted by atomic mass is 16.2. The minimum atomic E-state index is -0.107. The molecule has 1 N–H and O–H groups in total. The van der Waals surface area contributed by atoms with Gasteiger partial charge in [-0.2, -0.15) is 5.10 Å². The fourth-order valence-electron chi connectivity index (χ4n) is 3.83. The van der Waals surface area contributed by atoms with Gasteiger partial charge in [0, 0.05) is 51.5 Å². The van der Waals surface area contributed by atoms with Gasteiger partial charge in [0.05, 0.1) is 18.8 Å². The van der Waals surface area contributed by atoms with E-state index < -0.39 is 0 Å². The SMILES string of the molecule is O=C(CN1CCN(C(=O)CCC(=O)N2CCC(c3ccccc3)=N2)CC1)NC1CC1. The lowest BCUT2D eigenvalue weighted by Crippen LogP contribution is -2.51. The topological polar surface area (TPSA) is 85.3 Å². The van der Waals surface area contributed by atoms with Crippen molar-refractivity contribution in [3.05, 3.63) is 35.9 Å². The average Bonchev–Trinajstić information content (AvgIpc) is 3.43. The first-order valence-corrected chi connectivity index (χ1v) is 10.8. The van der Waals surface area contributed by atoms with E-state index in [4.69, 9.17) is 0 Å². The Balaban J connectivity index is 1.17. The Morgan fingerprint density at radius 2 is 1.63 bits per heavy atom. The molecule has 0 bridgehead atoms. The van der Waals surface area contributed by atoms with Crippen molar-refractivity contribution in [2.24, 2.45) is 5.10 Å². The van der Waals surface area contributed by atoms with E-state index in [1.165, 1.54) is 5.01 Å². The number of carbonyl (C=O) groups excluding carboxylic acids is 3. The van der Waals surface area contributed by atoms with Crippen molar-refractivity contribution in [2.75, 3.05) is 39.3 Å². The van der Waals surface area contributed by atoms with Gasteiger partial charge in [0.1, 0.15) is 0 Å². The summed E-state index contributed by atoms with van der Waals surface area (Å²) < 4.78 is 0. The molecule has 8 nitrogen and oxygen atoms in total. The van der Waals surface area contributed by atoms with Gasteiger partial charge in [0.15, 0.2) is 0 Å². The summed E-state index contributed by atoms with van der Waals surface area (Å²) in [6.45, 7) is 3.54. The Bertz CT molecular complexity index is 813. The molecule has 0 radical (unpaired) electrons. The van der Waals surface area contributed by atoms with Crippen LogP contribution in [0, 0.1) is 0 Å². The lowest BCUT2D eigenvalue weighted by molar-refractivity contribution is -0.138. The largest absolute Gasteiger partial charge is 0.352 e. The second-order valence-electron chi connectivity index (χ2n) is 8.18. The molecule has 3 amide bonds. The Morgan fingerprint density at radius 3 is 2.33 bits per heavy atom. The molecule has 3 aliphatic rings. The van der Waals surface area contributed by atoms with Crippen molar-refractivity contribution >= 4 is 23.4 Å². The van der Waals surface area contributed by atoms with Crippen LogP contribution in [-0.2, 0) is 14.4 Å². The summed E-state index contributed by atoms with van der Waals surface area (Å²) in [4.78, 5) is 40.8. The molecule has 30 heavy (non-hydrogen) atoms. The Kier molecular flexibility index (Phi) is 6.42. The van der Waals surface area contributed by atoms with E-state index in [-0.39, 0.29) is 30.6 Å². The van der Waals surface area contributed by atoms with Gasteiger partial charge in [-0.15, -0.1) is 0 Å². The zero-order valence-corrected chi connectivity index (χ0v) is 17.3. The number of piperazine rings is 1. The maximum Gasteiger partial charge on any atom is 0.243 e. The van der Waals surface area contributed by atoms with Gasteiger partial charge in [-0.1, -0.05) is 30.3 Å². The standard InChI is InChI=1S/C22H29N5O3/c28-20(23-18-6-7-18)16-25-12-14-26(15-13-25)21(29)8-9-22(30)27-11-10-19(24-27)17-4-2-1-3-5-17/h1-5,18H,6-16H2,(H,23,28). The van der Waals surface area contributed by atoms with Gasteiger partial charge in [0.2, 0.25) is 17.7 Å². The maximum atomic E-state index is 12.5. The number of rotatable bonds is 7. The third kappa shape index (κ3) is 5.44. The molecular formula is C22H29N5O3. The molecule has 8 heteroatoms. The molecule has 0 aromatic heterocycles. The van der Waals surface area contributed by atoms with Gasteiger partial charge in [-0.3, -0.25) is 19.3 Å². The van der Waals surface area contributed by atoms with Gasteiger partial charge in [0.25, 0.3) is 0 Å². The van der Waals surface area contributed by atoms with Crippen LogP contribution < -0.4 is 5.32 Å². The molecule has 1 aromatic rings. The highest BCUT2D eigenvalue weighted by Gasteiger charge is 2.27.